The lowest BCUT2D eigenvalue weighted by Crippen LogP contribution is -2.38. The first-order valence-corrected chi connectivity index (χ1v) is 11.0. The van der Waals surface area contributed by atoms with Crippen molar-refractivity contribution in [3.63, 3.8) is 0 Å². The minimum absolute atomic E-state index is 0.0153. The fraction of sp³-hybridized carbons (Fsp3) is 0.259. The Hall–Kier alpha value is -3.78. The molecule has 0 radical (unpaired) electrons. The van der Waals surface area contributed by atoms with Crippen LogP contribution in [0, 0.1) is 11.8 Å². The van der Waals surface area contributed by atoms with Gasteiger partial charge in [0.15, 0.2) is 11.5 Å². The van der Waals surface area contributed by atoms with Gasteiger partial charge in [-0.05, 0) is 66.8 Å². The first-order valence-electron chi connectivity index (χ1n) is 11.0. The third-order valence-electron chi connectivity index (χ3n) is 6.11. The van der Waals surface area contributed by atoms with Gasteiger partial charge >= 0.3 is 0 Å². The Morgan fingerprint density at radius 1 is 0.906 bits per heavy atom. The van der Waals surface area contributed by atoms with E-state index in [9.17, 15) is 4.79 Å². The lowest BCUT2D eigenvalue weighted by molar-refractivity contribution is -0.121. The quantitative estimate of drug-likeness (QED) is 0.619. The monoisotopic (exact) mass is 424 g/mol. The molecule has 1 fully saturated rings. The predicted octanol–water partition coefficient (Wildman–Crippen LogP) is 4.70. The maximum atomic E-state index is 13.6. The molecule has 1 aliphatic heterocycles. The van der Waals surface area contributed by atoms with Crippen LogP contribution in [0.2, 0.25) is 0 Å². The molecule has 0 saturated heterocycles. The smallest absolute Gasteiger partial charge is 0.235 e. The first kappa shape index (κ1) is 20.1. The highest BCUT2D eigenvalue weighted by molar-refractivity contribution is 5.99. The third kappa shape index (κ3) is 4.04. The number of fused-ring (bicyclic) bond motifs is 1. The third-order valence-corrected chi connectivity index (χ3v) is 6.11. The molecule has 1 amide bonds. The zero-order valence-corrected chi connectivity index (χ0v) is 17.8. The lowest BCUT2D eigenvalue weighted by atomic mass is 9.77. The van der Waals surface area contributed by atoms with E-state index >= 15 is 0 Å². The molecule has 2 aliphatic rings. The van der Waals surface area contributed by atoms with Gasteiger partial charge in [-0.15, -0.1) is 0 Å². The molecule has 1 saturated carbocycles. The van der Waals surface area contributed by atoms with Gasteiger partial charge in [-0.1, -0.05) is 37.0 Å². The molecule has 1 aliphatic carbocycles. The number of carbonyl (C=O) groups excluding carboxylic acids is 1. The van der Waals surface area contributed by atoms with Crippen LogP contribution in [0.15, 0.2) is 66.9 Å². The number of aromatic nitrogens is 1. The van der Waals surface area contributed by atoms with Crippen molar-refractivity contribution in [2.75, 3.05) is 18.5 Å². The summed E-state index contributed by atoms with van der Waals surface area (Å²) >= 11 is 0. The summed E-state index contributed by atoms with van der Waals surface area (Å²) in [7, 11) is 0. The Balaban J connectivity index is 1.39. The molecular formula is C27H24N2O3. The summed E-state index contributed by atoms with van der Waals surface area (Å²) in [6.45, 7) is 1.08. The maximum Gasteiger partial charge on any atom is 0.235 e. The van der Waals surface area contributed by atoms with Gasteiger partial charge < -0.3 is 14.8 Å². The molecule has 0 unspecified atom stereocenters. The fourth-order valence-corrected chi connectivity index (χ4v) is 4.46. The first-order chi connectivity index (χ1) is 15.7. The standard InChI is InChI=1S/C27H24N2O3/c30-26(29-23-8-5-6-20(18-23)9-11-22-7-1-4-15-28-22)27(13-2-3-14-27)21-10-12-24-25(19-21)32-17-16-31-24/h1,4-8,10,12,15,18-19H,2-3,13-14,16-17H2,(H,29,30). The number of ether oxygens (including phenoxy) is 2. The molecule has 5 nitrogen and oxygen atoms in total. The van der Waals surface area contributed by atoms with E-state index < -0.39 is 5.41 Å². The number of carbonyl (C=O) groups is 1. The van der Waals surface area contributed by atoms with Gasteiger partial charge in [0.1, 0.15) is 18.9 Å². The Morgan fingerprint density at radius 3 is 2.56 bits per heavy atom. The van der Waals surface area contributed by atoms with Gasteiger partial charge in [0.25, 0.3) is 0 Å². The number of nitrogens with one attached hydrogen (secondary N) is 1. The molecule has 0 atom stereocenters. The molecule has 0 spiro atoms. The largest absolute Gasteiger partial charge is 0.486 e. The van der Waals surface area contributed by atoms with Crippen molar-refractivity contribution in [1.29, 1.82) is 0 Å². The summed E-state index contributed by atoms with van der Waals surface area (Å²) in [5.74, 6) is 7.67. The summed E-state index contributed by atoms with van der Waals surface area (Å²) in [4.78, 5) is 17.8. The van der Waals surface area contributed by atoms with E-state index in [1.165, 1.54) is 0 Å². The number of pyridine rings is 1. The Labute approximate surface area is 187 Å². The van der Waals surface area contributed by atoms with Crippen molar-refractivity contribution in [2.24, 2.45) is 0 Å². The molecule has 1 aromatic heterocycles. The van der Waals surface area contributed by atoms with E-state index in [0.29, 0.717) is 18.9 Å². The summed E-state index contributed by atoms with van der Waals surface area (Å²) in [6.07, 6.45) is 5.41. The molecule has 1 N–H and O–H groups in total. The van der Waals surface area contributed by atoms with Crippen LogP contribution in [0.3, 0.4) is 0 Å². The summed E-state index contributed by atoms with van der Waals surface area (Å²) in [5, 5.41) is 3.15. The van der Waals surface area contributed by atoms with Gasteiger partial charge in [0.05, 0.1) is 5.41 Å². The second-order valence-electron chi connectivity index (χ2n) is 8.15. The second-order valence-corrected chi connectivity index (χ2v) is 8.15. The summed E-state index contributed by atoms with van der Waals surface area (Å²) < 4.78 is 11.4. The number of nitrogens with zero attached hydrogens (tertiary/aromatic N) is 1. The van der Waals surface area contributed by atoms with Crippen molar-refractivity contribution >= 4 is 11.6 Å². The molecule has 5 rings (SSSR count). The van der Waals surface area contributed by atoms with E-state index in [0.717, 1.165) is 54.0 Å². The van der Waals surface area contributed by atoms with Crippen LogP contribution in [0.1, 0.15) is 42.5 Å². The van der Waals surface area contributed by atoms with Crippen LogP contribution in [-0.2, 0) is 10.2 Å². The van der Waals surface area contributed by atoms with Crippen molar-refractivity contribution < 1.29 is 14.3 Å². The highest BCUT2D eigenvalue weighted by atomic mass is 16.6. The normalized spacial score (nSPS) is 16.0. The summed E-state index contributed by atoms with van der Waals surface area (Å²) in [5.41, 5.74) is 2.71. The number of hydrogen-bond donors (Lipinski definition) is 1. The van der Waals surface area contributed by atoms with Crippen molar-refractivity contribution in [3.05, 3.63) is 83.7 Å². The van der Waals surface area contributed by atoms with Gasteiger partial charge in [0, 0.05) is 17.4 Å². The Kier molecular flexibility index (Phi) is 5.51. The van der Waals surface area contributed by atoms with Crippen LogP contribution in [0.5, 0.6) is 11.5 Å². The zero-order valence-electron chi connectivity index (χ0n) is 17.8. The van der Waals surface area contributed by atoms with E-state index in [1.54, 1.807) is 6.20 Å². The number of hydrogen-bond acceptors (Lipinski definition) is 4. The van der Waals surface area contributed by atoms with Crippen molar-refractivity contribution in [2.45, 2.75) is 31.1 Å². The topological polar surface area (TPSA) is 60.5 Å². The predicted molar refractivity (Wildman–Crippen MR) is 123 cm³/mol. The molecule has 2 aromatic carbocycles. The summed E-state index contributed by atoms with van der Waals surface area (Å²) in [6, 6.07) is 19.2. The number of benzene rings is 2. The van der Waals surface area contributed by atoms with Gasteiger partial charge in [-0.25, -0.2) is 4.98 Å². The van der Waals surface area contributed by atoms with Crippen molar-refractivity contribution in [1.82, 2.24) is 4.98 Å². The Bertz CT molecular complexity index is 1190. The van der Waals surface area contributed by atoms with Crippen LogP contribution in [0.25, 0.3) is 0 Å². The highest BCUT2D eigenvalue weighted by Gasteiger charge is 2.43. The number of amides is 1. The zero-order chi connectivity index (χ0) is 21.8. The van der Waals surface area contributed by atoms with Gasteiger partial charge in [-0.3, -0.25) is 4.79 Å². The SMILES string of the molecule is O=C(Nc1cccc(C#Cc2ccccn2)c1)C1(c2ccc3c(c2)OCCO3)CCCC1. The van der Waals surface area contributed by atoms with Crippen LogP contribution >= 0.6 is 0 Å². The number of rotatable bonds is 3. The van der Waals surface area contributed by atoms with E-state index in [4.69, 9.17) is 9.47 Å². The van der Waals surface area contributed by atoms with Gasteiger partial charge in [-0.2, -0.15) is 0 Å². The Morgan fingerprint density at radius 2 is 1.75 bits per heavy atom. The van der Waals surface area contributed by atoms with E-state index in [-0.39, 0.29) is 5.91 Å². The average molecular weight is 425 g/mol. The molecule has 160 valence electrons. The molecule has 3 aromatic rings. The van der Waals surface area contributed by atoms with Crippen LogP contribution in [-0.4, -0.2) is 24.1 Å². The lowest BCUT2D eigenvalue weighted by Gasteiger charge is -2.30. The number of anilines is 1. The van der Waals surface area contributed by atoms with E-state index in [2.05, 4.69) is 22.1 Å². The molecular weight excluding hydrogens is 400 g/mol. The van der Waals surface area contributed by atoms with Crippen molar-refractivity contribution in [3.8, 4) is 23.3 Å². The minimum atomic E-state index is -0.564. The maximum absolute atomic E-state index is 13.6. The average Bonchev–Trinajstić information content (AvgIpc) is 3.35. The molecule has 2 heterocycles. The molecule has 5 heteroatoms. The minimum Gasteiger partial charge on any atom is -0.486 e. The van der Waals surface area contributed by atoms with E-state index in [1.807, 2.05) is 60.7 Å². The highest BCUT2D eigenvalue weighted by Crippen LogP contribution is 2.45. The second kappa shape index (κ2) is 8.76. The van der Waals surface area contributed by atoms with Crippen LogP contribution < -0.4 is 14.8 Å². The van der Waals surface area contributed by atoms with Gasteiger partial charge in [0.2, 0.25) is 5.91 Å². The fourth-order valence-electron chi connectivity index (χ4n) is 4.46. The molecule has 0 bridgehead atoms. The molecule has 32 heavy (non-hydrogen) atoms. The van der Waals surface area contributed by atoms with Crippen LogP contribution in [0.4, 0.5) is 5.69 Å².